The Morgan fingerprint density at radius 3 is 2.00 bits per heavy atom. The van der Waals surface area contributed by atoms with Crippen molar-refractivity contribution in [1.29, 1.82) is 0 Å². The SMILES string of the molecule is O=C1c2ccccc2C(=O)c2c(Oc3ccc([N+](=O)[O-])cc3[N+](=O)[O-])cccc21. The average molecular weight is 390 g/mol. The van der Waals surface area contributed by atoms with Crippen molar-refractivity contribution < 1.29 is 24.2 Å². The van der Waals surface area contributed by atoms with Gasteiger partial charge in [-0.15, -0.1) is 0 Å². The van der Waals surface area contributed by atoms with Crippen molar-refractivity contribution in [3.63, 3.8) is 0 Å². The maximum atomic E-state index is 13.0. The molecule has 0 aliphatic heterocycles. The highest BCUT2D eigenvalue weighted by molar-refractivity contribution is 6.29. The molecule has 0 aromatic heterocycles. The molecule has 0 fully saturated rings. The number of hydrogen-bond donors (Lipinski definition) is 0. The first-order valence-corrected chi connectivity index (χ1v) is 8.30. The third kappa shape index (κ3) is 2.90. The molecule has 4 rings (SSSR count). The van der Waals surface area contributed by atoms with Crippen molar-refractivity contribution in [2.24, 2.45) is 0 Å². The predicted octanol–water partition coefficient (Wildman–Crippen LogP) is 4.07. The third-order valence-electron chi connectivity index (χ3n) is 4.48. The number of non-ortho nitro benzene ring substituents is 1. The van der Waals surface area contributed by atoms with E-state index in [0.29, 0.717) is 0 Å². The Kier molecular flexibility index (Phi) is 4.12. The number of fused-ring (bicyclic) bond motifs is 2. The average Bonchev–Trinajstić information content (AvgIpc) is 2.72. The van der Waals surface area contributed by atoms with Crippen LogP contribution in [-0.2, 0) is 0 Å². The zero-order valence-corrected chi connectivity index (χ0v) is 14.5. The smallest absolute Gasteiger partial charge is 0.318 e. The van der Waals surface area contributed by atoms with Gasteiger partial charge in [0.25, 0.3) is 5.69 Å². The lowest BCUT2D eigenvalue weighted by Crippen LogP contribution is -2.21. The molecule has 0 bridgehead atoms. The maximum Gasteiger partial charge on any atom is 0.318 e. The summed E-state index contributed by atoms with van der Waals surface area (Å²) < 4.78 is 5.60. The van der Waals surface area contributed by atoms with Gasteiger partial charge in [-0.25, -0.2) is 0 Å². The second-order valence-corrected chi connectivity index (χ2v) is 6.15. The normalized spacial score (nSPS) is 12.1. The standard InChI is InChI=1S/C20H10N2O7/c23-19-12-4-1-2-5-13(12)20(24)18-14(19)6-3-7-17(18)29-16-9-8-11(21(25)26)10-15(16)22(27)28/h1-10H. The summed E-state index contributed by atoms with van der Waals surface area (Å²) in [7, 11) is 0. The largest absolute Gasteiger partial charge is 0.449 e. The van der Waals surface area contributed by atoms with Crippen molar-refractivity contribution in [1.82, 2.24) is 0 Å². The number of carbonyl (C=O) groups excluding carboxylic acids is 2. The molecule has 9 heteroatoms. The van der Waals surface area contributed by atoms with E-state index < -0.39 is 27.0 Å². The van der Waals surface area contributed by atoms with Gasteiger partial charge in [0.15, 0.2) is 11.6 Å². The number of nitrogens with zero attached hydrogens (tertiary/aromatic N) is 2. The molecule has 0 atom stereocenters. The lowest BCUT2D eigenvalue weighted by molar-refractivity contribution is -0.394. The number of nitro benzene ring substituents is 2. The van der Waals surface area contributed by atoms with E-state index in [2.05, 4.69) is 0 Å². The Morgan fingerprint density at radius 2 is 1.34 bits per heavy atom. The van der Waals surface area contributed by atoms with Crippen LogP contribution in [0.5, 0.6) is 11.5 Å². The van der Waals surface area contributed by atoms with E-state index in [1.807, 2.05) is 0 Å². The topological polar surface area (TPSA) is 130 Å². The van der Waals surface area contributed by atoms with Crippen LogP contribution >= 0.6 is 0 Å². The number of rotatable bonds is 4. The first kappa shape index (κ1) is 18.0. The Morgan fingerprint density at radius 1 is 0.690 bits per heavy atom. The van der Waals surface area contributed by atoms with E-state index in [9.17, 15) is 29.8 Å². The highest BCUT2D eigenvalue weighted by Gasteiger charge is 2.33. The van der Waals surface area contributed by atoms with E-state index in [1.54, 1.807) is 18.2 Å². The van der Waals surface area contributed by atoms with Gasteiger partial charge in [-0.1, -0.05) is 36.4 Å². The molecule has 142 valence electrons. The van der Waals surface area contributed by atoms with Crippen molar-refractivity contribution in [3.8, 4) is 11.5 Å². The molecule has 0 heterocycles. The first-order valence-electron chi connectivity index (χ1n) is 8.30. The first-order chi connectivity index (χ1) is 13.9. The molecular formula is C20H10N2O7. The third-order valence-corrected chi connectivity index (χ3v) is 4.48. The minimum atomic E-state index is -0.819. The molecule has 3 aromatic carbocycles. The molecule has 0 saturated heterocycles. The summed E-state index contributed by atoms with van der Waals surface area (Å²) in [4.78, 5) is 46.4. The minimum Gasteiger partial charge on any atom is -0.449 e. The summed E-state index contributed by atoms with van der Waals surface area (Å²) in [5.74, 6) is -1.14. The van der Waals surface area contributed by atoms with E-state index in [1.165, 1.54) is 24.3 Å². The Hall–Kier alpha value is -4.40. The van der Waals surface area contributed by atoms with Gasteiger partial charge < -0.3 is 4.74 Å². The fourth-order valence-electron chi connectivity index (χ4n) is 3.17. The summed E-state index contributed by atoms with van der Waals surface area (Å²) in [5.41, 5.74) is -0.520. The van der Waals surface area contributed by atoms with Gasteiger partial charge in [0.05, 0.1) is 21.5 Å². The van der Waals surface area contributed by atoms with Crippen LogP contribution in [0.15, 0.2) is 60.7 Å². The second kappa shape index (κ2) is 6.64. The van der Waals surface area contributed by atoms with Gasteiger partial charge >= 0.3 is 5.69 Å². The van der Waals surface area contributed by atoms with Crippen molar-refractivity contribution >= 4 is 22.9 Å². The number of ether oxygens (including phenoxy) is 1. The summed E-state index contributed by atoms with van der Waals surface area (Å²) in [6, 6.07) is 13.6. The molecule has 3 aromatic rings. The molecule has 0 N–H and O–H groups in total. The van der Waals surface area contributed by atoms with Crippen molar-refractivity contribution in [2.45, 2.75) is 0 Å². The Balaban J connectivity index is 1.84. The van der Waals surface area contributed by atoms with E-state index in [0.717, 1.165) is 18.2 Å². The lowest BCUT2D eigenvalue weighted by atomic mass is 9.83. The monoisotopic (exact) mass is 390 g/mol. The van der Waals surface area contributed by atoms with Crippen LogP contribution in [0, 0.1) is 20.2 Å². The molecule has 0 spiro atoms. The Labute approximate surface area is 162 Å². The summed E-state index contributed by atoms with van der Waals surface area (Å²) in [5, 5.41) is 22.2. The van der Waals surface area contributed by atoms with Crippen LogP contribution in [0.4, 0.5) is 11.4 Å². The molecule has 1 aliphatic rings. The van der Waals surface area contributed by atoms with Gasteiger partial charge in [-0.3, -0.25) is 29.8 Å². The molecule has 9 nitrogen and oxygen atoms in total. The fraction of sp³-hybridized carbons (Fsp3) is 0. The maximum absolute atomic E-state index is 13.0. The zero-order valence-electron chi connectivity index (χ0n) is 14.5. The van der Waals surface area contributed by atoms with E-state index in [4.69, 9.17) is 4.74 Å². The quantitative estimate of drug-likeness (QED) is 0.379. The second-order valence-electron chi connectivity index (χ2n) is 6.15. The number of benzene rings is 3. The Bertz CT molecular complexity index is 1230. The summed E-state index contributed by atoms with van der Waals surface area (Å²) in [6.07, 6.45) is 0. The molecule has 1 aliphatic carbocycles. The van der Waals surface area contributed by atoms with Crippen LogP contribution < -0.4 is 4.74 Å². The molecule has 0 amide bonds. The molecule has 29 heavy (non-hydrogen) atoms. The van der Waals surface area contributed by atoms with Gasteiger partial charge in [0.1, 0.15) is 5.75 Å². The van der Waals surface area contributed by atoms with Gasteiger partial charge in [0.2, 0.25) is 5.75 Å². The molecular weight excluding hydrogens is 380 g/mol. The van der Waals surface area contributed by atoms with Crippen LogP contribution in [0.25, 0.3) is 0 Å². The van der Waals surface area contributed by atoms with Crippen molar-refractivity contribution in [3.05, 3.63) is 103 Å². The molecule has 0 radical (unpaired) electrons. The van der Waals surface area contributed by atoms with Crippen LogP contribution in [-0.4, -0.2) is 21.4 Å². The number of ketones is 2. The zero-order chi connectivity index (χ0) is 20.7. The van der Waals surface area contributed by atoms with Gasteiger partial charge in [0, 0.05) is 22.8 Å². The van der Waals surface area contributed by atoms with Gasteiger partial charge in [-0.05, 0) is 12.1 Å². The highest BCUT2D eigenvalue weighted by Crippen LogP contribution is 2.39. The van der Waals surface area contributed by atoms with E-state index in [-0.39, 0.29) is 39.5 Å². The van der Waals surface area contributed by atoms with Crippen LogP contribution in [0.3, 0.4) is 0 Å². The summed E-state index contributed by atoms with van der Waals surface area (Å²) >= 11 is 0. The molecule has 0 unspecified atom stereocenters. The number of hydrogen-bond acceptors (Lipinski definition) is 7. The minimum absolute atomic E-state index is 0.0103. The number of carbonyl (C=O) groups is 2. The molecule has 0 saturated carbocycles. The van der Waals surface area contributed by atoms with Crippen LogP contribution in [0.1, 0.15) is 31.8 Å². The van der Waals surface area contributed by atoms with Crippen LogP contribution in [0.2, 0.25) is 0 Å². The summed E-state index contributed by atoms with van der Waals surface area (Å²) in [6.45, 7) is 0. The van der Waals surface area contributed by atoms with E-state index >= 15 is 0 Å². The van der Waals surface area contributed by atoms with Crippen molar-refractivity contribution in [2.75, 3.05) is 0 Å². The number of nitro groups is 2. The predicted molar refractivity (Wildman–Crippen MR) is 99.6 cm³/mol. The highest BCUT2D eigenvalue weighted by atomic mass is 16.6. The lowest BCUT2D eigenvalue weighted by Gasteiger charge is -2.19. The fourth-order valence-corrected chi connectivity index (χ4v) is 3.17. The van der Waals surface area contributed by atoms with Gasteiger partial charge in [-0.2, -0.15) is 0 Å².